The minimum atomic E-state index is -2.34. The molecular weight excluding hydrogens is 126 g/mol. The summed E-state index contributed by atoms with van der Waals surface area (Å²) in [4.78, 5) is 0. The summed E-state index contributed by atoms with van der Waals surface area (Å²) in [6.45, 7) is -0.356. The number of hydrogen-bond acceptors (Lipinski definition) is 1. The minimum absolute atomic E-state index is 0.356. The number of aliphatic hydroxyl groups is 1. The molecule has 1 saturated carbocycles. The first kappa shape index (κ1) is 6.93. The van der Waals surface area contributed by atoms with Crippen molar-refractivity contribution in [2.45, 2.75) is 25.7 Å². The van der Waals surface area contributed by atoms with E-state index in [1.165, 1.54) is 0 Å². The molecule has 0 saturated heterocycles. The van der Waals surface area contributed by atoms with Gasteiger partial charge in [0, 0.05) is 0 Å². The summed E-state index contributed by atoms with van der Waals surface area (Å²) in [5, 5.41) is 8.53. The first-order chi connectivity index (χ1) is 4.21. The molecule has 0 aromatic rings. The maximum absolute atomic E-state index is 12.0. The van der Waals surface area contributed by atoms with Crippen LogP contribution in [0.5, 0.6) is 0 Å². The molecule has 0 aromatic heterocycles. The van der Waals surface area contributed by atoms with Crippen molar-refractivity contribution in [2.75, 3.05) is 6.61 Å². The van der Waals surface area contributed by atoms with Crippen LogP contribution < -0.4 is 0 Å². The van der Waals surface area contributed by atoms with Gasteiger partial charge in [-0.1, -0.05) is 6.42 Å². The summed E-state index contributed by atoms with van der Waals surface area (Å²) < 4.78 is 24.0. The van der Waals surface area contributed by atoms with Gasteiger partial charge in [-0.2, -0.15) is 0 Å². The van der Waals surface area contributed by atoms with E-state index < -0.39 is 11.8 Å². The van der Waals surface area contributed by atoms with E-state index in [-0.39, 0.29) is 6.61 Å². The van der Waals surface area contributed by atoms with Crippen LogP contribution >= 0.6 is 0 Å². The lowest BCUT2D eigenvalue weighted by molar-refractivity contribution is -0.0922. The Labute approximate surface area is 52.7 Å². The maximum atomic E-state index is 12.0. The number of hydrogen-bond donors (Lipinski definition) is 1. The van der Waals surface area contributed by atoms with Crippen LogP contribution in [0.25, 0.3) is 0 Å². The van der Waals surface area contributed by atoms with Crippen molar-refractivity contribution in [1.29, 1.82) is 0 Å². The normalized spacial score (nSPS) is 24.0. The Kier molecular flexibility index (Phi) is 1.70. The summed E-state index contributed by atoms with van der Waals surface area (Å²) in [5.41, 5.74) is -1.01. The van der Waals surface area contributed by atoms with Crippen LogP contribution in [0, 0.1) is 5.41 Å². The van der Waals surface area contributed by atoms with Gasteiger partial charge in [-0.3, -0.25) is 0 Å². The summed E-state index contributed by atoms with van der Waals surface area (Å²) in [6, 6.07) is 0. The molecule has 1 aliphatic carbocycles. The molecule has 0 amide bonds. The first-order valence-corrected chi connectivity index (χ1v) is 3.10. The van der Waals surface area contributed by atoms with Gasteiger partial charge < -0.3 is 5.11 Å². The van der Waals surface area contributed by atoms with Crippen LogP contribution in [-0.2, 0) is 0 Å². The second kappa shape index (κ2) is 2.21. The number of alkyl halides is 2. The van der Waals surface area contributed by atoms with Gasteiger partial charge in [0.15, 0.2) is 0 Å². The van der Waals surface area contributed by atoms with Crippen molar-refractivity contribution in [3.63, 3.8) is 0 Å². The minimum Gasteiger partial charge on any atom is -0.396 e. The van der Waals surface area contributed by atoms with Crippen molar-refractivity contribution in [1.82, 2.24) is 0 Å². The molecule has 3 heteroatoms. The topological polar surface area (TPSA) is 20.2 Å². The number of rotatable bonds is 2. The number of halogens is 2. The zero-order valence-corrected chi connectivity index (χ0v) is 5.11. The maximum Gasteiger partial charge on any atom is 0.246 e. The lowest BCUT2D eigenvalue weighted by atomic mass is 9.70. The molecule has 1 fully saturated rings. The second-order valence-corrected chi connectivity index (χ2v) is 2.67. The van der Waals surface area contributed by atoms with Crippen molar-refractivity contribution in [2.24, 2.45) is 5.41 Å². The van der Waals surface area contributed by atoms with Gasteiger partial charge in [-0.15, -0.1) is 0 Å². The van der Waals surface area contributed by atoms with Crippen LogP contribution in [0.15, 0.2) is 0 Å². The number of aliphatic hydroxyl groups excluding tert-OH is 1. The Balaban J connectivity index is 2.46. The molecule has 0 aliphatic heterocycles. The van der Waals surface area contributed by atoms with Gasteiger partial charge in [-0.25, -0.2) is 8.78 Å². The van der Waals surface area contributed by atoms with Gasteiger partial charge in [0.05, 0.1) is 12.0 Å². The Morgan fingerprint density at radius 1 is 1.44 bits per heavy atom. The van der Waals surface area contributed by atoms with E-state index in [0.29, 0.717) is 12.8 Å². The lowest BCUT2D eigenvalue weighted by Gasteiger charge is -2.39. The lowest BCUT2D eigenvalue weighted by Crippen LogP contribution is -2.40. The van der Waals surface area contributed by atoms with Crippen LogP contribution in [0.3, 0.4) is 0 Å². The van der Waals surface area contributed by atoms with Crippen molar-refractivity contribution in [3.8, 4) is 0 Å². The van der Waals surface area contributed by atoms with E-state index in [4.69, 9.17) is 5.11 Å². The van der Waals surface area contributed by atoms with Crippen molar-refractivity contribution >= 4 is 0 Å². The Bertz CT molecular complexity index is 93.7. The molecular formula is C6H10F2O. The van der Waals surface area contributed by atoms with Gasteiger partial charge in [-0.05, 0) is 12.8 Å². The SMILES string of the molecule is OCC1(C(F)F)CCC1. The molecule has 0 bridgehead atoms. The Hall–Kier alpha value is -0.180. The van der Waals surface area contributed by atoms with E-state index in [9.17, 15) is 8.78 Å². The predicted molar refractivity (Wildman–Crippen MR) is 29.4 cm³/mol. The summed E-state index contributed by atoms with van der Waals surface area (Å²) in [6.07, 6.45) is -0.524. The zero-order valence-electron chi connectivity index (χ0n) is 5.11. The zero-order chi connectivity index (χ0) is 6.91. The molecule has 0 spiro atoms. The largest absolute Gasteiger partial charge is 0.396 e. The third-order valence-electron chi connectivity index (χ3n) is 2.13. The Morgan fingerprint density at radius 3 is 2.00 bits per heavy atom. The smallest absolute Gasteiger partial charge is 0.246 e. The third kappa shape index (κ3) is 0.936. The summed E-state index contributed by atoms with van der Waals surface area (Å²) in [7, 11) is 0. The van der Waals surface area contributed by atoms with Crippen LogP contribution in [0.1, 0.15) is 19.3 Å². The molecule has 54 valence electrons. The van der Waals surface area contributed by atoms with Crippen LogP contribution in [-0.4, -0.2) is 18.1 Å². The highest BCUT2D eigenvalue weighted by Crippen LogP contribution is 2.45. The highest BCUT2D eigenvalue weighted by Gasteiger charge is 2.44. The molecule has 0 unspecified atom stereocenters. The quantitative estimate of drug-likeness (QED) is 0.608. The van der Waals surface area contributed by atoms with Gasteiger partial charge in [0.25, 0.3) is 0 Å². The van der Waals surface area contributed by atoms with Gasteiger partial charge >= 0.3 is 0 Å². The molecule has 1 nitrogen and oxygen atoms in total. The van der Waals surface area contributed by atoms with Crippen molar-refractivity contribution in [3.05, 3.63) is 0 Å². The third-order valence-corrected chi connectivity index (χ3v) is 2.13. The van der Waals surface area contributed by atoms with Crippen molar-refractivity contribution < 1.29 is 13.9 Å². The van der Waals surface area contributed by atoms with Crippen LogP contribution in [0.2, 0.25) is 0 Å². The van der Waals surface area contributed by atoms with Gasteiger partial charge in [0.1, 0.15) is 0 Å². The van der Waals surface area contributed by atoms with E-state index in [1.807, 2.05) is 0 Å². The average Bonchev–Trinajstić information content (AvgIpc) is 1.62. The fraction of sp³-hybridized carbons (Fsp3) is 1.00. The first-order valence-electron chi connectivity index (χ1n) is 3.10. The van der Waals surface area contributed by atoms with Crippen LogP contribution in [0.4, 0.5) is 8.78 Å². The molecule has 0 aromatic carbocycles. The molecule has 0 radical (unpaired) electrons. The predicted octanol–water partition coefficient (Wildman–Crippen LogP) is 1.41. The molecule has 0 atom stereocenters. The monoisotopic (exact) mass is 136 g/mol. The second-order valence-electron chi connectivity index (χ2n) is 2.67. The molecule has 9 heavy (non-hydrogen) atoms. The molecule has 1 aliphatic rings. The summed E-state index contributed by atoms with van der Waals surface area (Å²) >= 11 is 0. The highest BCUT2D eigenvalue weighted by atomic mass is 19.3. The van der Waals surface area contributed by atoms with E-state index in [0.717, 1.165) is 6.42 Å². The van der Waals surface area contributed by atoms with E-state index >= 15 is 0 Å². The standard InChI is InChI=1S/C6H10F2O/c7-5(8)6(4-9)2-1-3-6/h5,9H,1-4H2. The highest BCUT2D eigenvalue weighted by molar-refractivity contribution is 4.89. The molecule has 1 N–H and O–H groups in total. The van der Waals surface area contributed by atoms with Gasteiger partial charge in [0.2, 0.25) is 6.43 Å². The summed E-state index contributed by atoms with van der Waals surface area (Å²) in [5.74, 6) is 0. The van der Waals surface area contributed by atoms with E-state index in [2.05, 4.69) is 0 Å². The van der Waals surface area contributed by atoms with E-state index in [1.54, 1.807) is 0 Å². The Morgan fingerprint density at radius 2 is 2.00 bits per heavy atom. The molecule has 0 heterocycles. The fourth-order valence-corrected chi connectivity index (χ4v) is 1.08. The fourth-order valence-electron chi connectivity index (χ4n) is 1.08. The molecule has 1 rings (SSSR count). The average molecular weight is 136 g/mol.